The van der Waals surface area contributed by atoms with Crippen LogP contribution in [0.15, 0.2) is 46.2 Å². The number of piperidine rings is 1. The van der Waals surface area contributed by atoms with E-state index in [4.69, 9.17) is 0 Å². The van der Waals surface area contributed by atoms with Crippen molar-refractivity contribution in [1.29, 1.82) is 0 Å². The Morgan fingerprint density at radius 3 is 2.40 bits per heavy atom. The van der Waals surface area contributed by atoms with E-state index in [1.807, 2.05) is 0 Å². The first-order valence-electron chi connectivity index (χ1n) is 9.68. The highest BCUT2D eigenvalue weighted by Gasteiger charge is 2.24. The fraction of sp³-hybridized carbons (Fsp3) is 0.381. The fourth-order valence-corrected chi connectivity index (χ4v) is 4.37. The Morgan fingerprint density at radius 1 is 1.13 bits per heavy atom. The van der Waals surface area contributed by atoms with Gasteiger partial charge in [0.1, 0.15) is 5.69 Å². The maximum atomic E-state index is 12.9. The summed E-state index contributed by atoms with van der Waals surface area (Å²) in [6.45, 7) is 3.44. The molecule has 2 aromatic rings. The Bertz CT molecular complexity index is 1150. The summed E-state index contributed by atoms with van der Waals surface area (Å²) in [4.78, 5) is 39.8. The van der Waals surface area contributed by atoms with Crippen LogP contribution >= 0.6 is 0 Å². The molecule has 0 bridgehead atoms. The molecule has 1 N–H and O–H groups in total. The van der Waals surface area contributed by atoms with Gasteiger partial charge in [-0.15, -0.1) is 0 Å². The highest BCUT2D eigenvalue weighted by atomic mass is 32.2. The molecule has 0 saturated carbocycles. The van der Waals surface area contributed by atoms with Crippen molar-refractivity contribution in [3.05, 3.63) is 58.0 Å². The van der Waals surface area contributed by atoms with Gasteiger partial charge >= 0.3 is 0 Å². The molecule has 0 aliphatic carbocycles. The van der Waals surface area contributed by atoms with Crippen LogP contribution in [0.1, 0.15) is 40.5 Å². The molecule has 1 aromatic carbocycles. The fourth-order valence-electron chi connectivity index (χ4n) is 3.48. The van der Waals surface area contributed by atoms with Gasteiger partial charge in [-0.1, -0.05) is 19.1 Å². The maximum absolute atomic E-state index is 12.9. The molecule has 0 radical (unpaired) electrons. The molecule has 1 fully saturated rings. The summed E-state index contributed by atoms with van der Waals surface area (Å²) in [7, 11) is -2.14. The molecule has 1 aromatic heterocycles. The van der Waals surface area contributed by atoms with E-state index in [0.717, 1.165) is 19.1 Å². The summed E-state index contributed by atoms with van der Waals surface area (Å²) in [5.74, 6) is -0.368. The Kier molecular flexibility index (Phi) is 6.12. The van der Waals surface area contributed by atoms with Gasteiger partial charge in [0, 0.05) is 32.6 Å². The van der Waals surface area contributed by atoms with E-state index in [1.54, 1.807) is 11.0 Å². The van der Waals surface area contributed by atoms with Crippen LogP contribution in [0.3, 0.4) is 0 Å². The molecule has 1 saturated heterocycles. The number of carbonyl (C=O) groups excluding carboxylic acids is 2. The normalized spacial score (nSPS) is 15.1. The van der Waals surface area contributed by atoms with Gasteiger partial charge in [0.25, 0.3) is 17.4 Å². The Morgan fingerprint density at radius 2 is 1.77 bits per heavy atom. The van der Waals surface area contributed by atoms with Crippen molar-refractivity contribution in [3.8, 4) is 0 Å². The molecule has 1 aliphatic rings. The van der Waals surface area contributed by atoms with Crippen molar-refractivity contribution in [2.24, 2.45) is 13.0 Å². The van der Waals surface area contributed by atoms with Crippen LogP contribution in [-0.2, 0) is 16.9 Å². The predicted molar refractivity (Wildman–Crippen MR) is 113 cm³/mol. The first-order valence-corrected chi connectivity index (χ1v) is 11.6. The number of likely N-dealkylation sites (tertiary alicyclic amines) is 1. The van der Waals surface area contributed by atoms with Crippen LogP contribution in [-0.4, -0.2) is 49.0 Å². The van der Waals surface area contributed by atoms with Gasteiger partial charge in [-0.3, -0.25) is 14.4 Å². The number of hydrogen-bond acceptors (Lipinski definition) is 5. The van der Waals surface area contributed by atoms with Crippen molar-refractivity contribution in [3.63, 3.8) is 0 Å². The van der Waals surface area contributed by atoms with Crippen LogP contribution in [0.5, 0.6) is 0 Å². The van der Waals surface area contributed by atoms with Gasteiger partial charge in [-0.2, -0.15) is 0 Å². The lowest BCUT2D eigenvalue weighted by molar-refractivity contribution is 0.0696. The minimum Gasteiger partial charge on any atom is -0.339 e. The zero-order chi connectivity index (χ0) is 22.1. The molecule has 3 rings (SSSR count). The lowest BCUT2D eigenvalue weighted by Crippen LogP contribution is -2.38. The van der Waals surface area contributed by atoms with Crippen LogP contribution in [0.4, 0.5) is 5.69 Å². The summed E-state index contributed by atoms with van der Waals surface area (Å²) in [5, 5.41) is 2.48. The molecule has 2 amide bonds. The van der Waals surface area contributed by atoms with E-state index in [9.17, 15) is 22.8 Å². The van der Waals surface area contributed by atoms with E-state index in [2.05, 4.69) is 12.2 Å². The quantitative estimate of drug-likeness (QED) is 0.796. The topological polar surface area (TPSA) is 106 Å². The third kappa shape index (κ3) is 4.62. The second-order valence-electron chi connectivity index (χ2n) is 7.76. The number of anilines is 1. The number of aryl methyl sites for hydroxylation is 1. The van der Waals surface area contributed by atoms with Crippen LogP contribution in [0.25, 0.3) is 0 Å². The van der Waals surface area contributed by atoms with Crippen LogP contribution < -0.4 is 10.9 Å². The highest BCUT2D eigenvalue weighted by molar-refractivity contribution is 7.90. The van der Waals surface area contributed by atoms with E-state index >= 15 is 0 Å². The summed E-state index contributed by atoms with van der Waals surface area (Å²) < 4.78 is 25.2. The van der Waals surface area contributed by atoms with Gasteiger partial charge in [-0.25, -0.2) is 8.42 Å². The molecule has 9 heteroatoms. The van der Waals surface area contributed by atoms with Gasteiger partial charge < -0.3 is 14.8 Å². The number of sulfone groups is 1. The summed E-state index contributed by atoms with van der Waals surface area (Å²) in [5.41, 5.74) is -0.354. The number of hydrogen-bond donors (Lipinski definition) is 1. The average molecular weight is 432 g/mol. The van der Waals surface area contributed by atoms with Gasteiger partial charge in [-0.05, 0) is 37.0 Å². The zero-order valence-corrected chi connectivity index (χ0v) is 18.0. The molecule has 0 atom stereocenters. The monoisotopic (exact) mass is 431 g/mol. The van der Waals surface area contributed by atoms with Crippen molar-refractivity contribution in [1.82, 2.24) is 9.47 Å². The van der Waals surface area contributed by atoms with E-state index in [0.29, 0.717) is 24.6 Å². The number of nitrogens with one attached hydrogen (secondary N) is 1. The smallest absolute Gasteiger partial charge is 0.274 e. The summed E-state index contributed by atoms with van der Waals surface area (Å²) in [6, 6.07) is 7.12. The third-order valence-electron chi connectivity index (χ3n) is 5.28. The first-order chi connectivity index (χ1) is 14.1. The minimum absolute atomic E-state index is 0.0659. The SMILES string of the molecule is CC1CCN(C(=O)c2cc(NC(=O)c3ccccc3S(C)(=O)=O)c(=O)n(C)c2)CC1. The number of benzene rings is 1. The van der Waals surface area contributed by atoms with Crippen LogP contribution in [0, 0.1) is 5.92 Å². The van der Waals surface area contributed by atoms with Crippen molar-refractivity contribution in [2.45, 2.75) is 24.7 Å². The highest BCUT2D eigenvalue weighted by Crippen LogP contribution is 2.20. The molecule has 2 heterocycles. The zero-order valence-electron chi connectivity index (χ0n) is 17.2. The predicted octanol–water partition coefficient (Wildman–Crippen LogP) is 1.91. The second-order valence-corrected chi connectivity index (χ2v) is 9.74. The first kappa shape index (κ1) is 21.8. The number of carbonyl (C=O) groups is 2. The van der Waals surface area contributed by atoms with Gasteiger partial charge in [0.05, 0.1) is 16.0 Å². The number of amides is 2. The summed E-state index contributed by atoms with van der Waals surface area (Å²) >= 11 is 0. The van der Waals surface area contributed by atoms with Gasteiger partial charge in [0.15, 0.2) is 9.84 Å². The van der Waals surface area contributed by atoms with Crippen molar-refractivity contribution < 1.29 is 18.0 Å². The molecular weight excluding hydrogens is 406 g/mol. The van der Waals surface area contributed by atoms with Crippen molar-refractivity contribution in [2.75, 3.05) is 24.7 Å². The Balaban J connectivity index is 1.91. The molecule has 30 heavy (non-hydrogen) atoms. The number of aromatic nitrogens is 1. The molecule has 160 valence electrons. The van der Waals surface area contributed by atoms with E-state index in [-0.39, 0.29) is 22.1 Å². The summed E-state index contributed by atoms with van der Waals surface area (Å²) in [6.07, 6.45) is 4.30. The Labute approximate surface area is 175 Å². The molecule has 0 spiro atoms. The van der Waals surface area contributed by atoms with E-state index < -0.39 is 21.3 Å². The number of rotatable bonds is 4. The lowest BCUT2D eigenvalue weighted by Gasteiger charge is -2.30. The molecule has 8 nitrogen and oxygen atoms in total. The van der Waals surface area contributed by atoms with Gasteiger partial charge in [0.2, 0.25) is 0 Å². The third-order valence-corrected chi connectivity index (χ3v) is 6.44. The minimum atomic E-state index is -3.63. The second kappa shape index (κ2) is 8.43. The molecule has 1 aliphatic heterocycles. The maximum Gasteiger partial charge on any atom is 0.274 e. The number of pyridine rings is 1. The largest absolute Gasteiger partial charge is 0.339 e. The van der Waals surface area contributed by atoms with Crippen LogP contribution in [0.2, 0.25) is 0 Å². The average Bonchev–Trinajstić information content (AvgIpc) is 2.70. The van der Waals surface area contributed by atoms with Crippen molar-refractivity contribution >= 4 is 27.3 Å². The molecular formula is C21H25N3O5S. The standard InChI is InChI=1S/C21H25N3O5S/c1-14-8-10-24(11-9-14)20(26)15-12-17(21(27)23(2)13-15)22-19(25)16-6-4-5-7-18(16)30(3,28)29/h4-7,12-14H,8-11H2,1-3H3,(H,22,25). The molecule has 0 unspecified atom stereocenters. The number of nitrogens with zero attached hydrogens (tertiary/aromatic N) is 2. The van der Waals surface area contributed by atoms with E-state index in [1.165, 1.54) is 42.1 Å². The Hall–Kier alpha value is -2.94. The lowest BCUT2D eigenvalue weighted by atomic mass is 9.99.